The lowest BCUT2D eigenvalue weighted by molar-refractivity contribution is -0.137. The molecule has 1 aliphatic heterocycles. The third kappa shape index (κ3) is 3.93. The quantitative estimate of drug-likeness (QED) is 0.628. The van der Waals surface area contributed by atoms with Gasteiger partial charge < -0.3 is 10.3 Å². The van der Waals surface area contributed by atoms with Crippen LogP contribution in [0.25, 0.3) is 0 Å². The molecule has 0 aliphatic carbocycles. The Labute approximate surface area is 168 Å². The number of anilines is 1. The van der Waals surface area contributed by atoms with E-state index in [4.69, 9.17) is 10.3 Å². The average Bonchev–Trinajstić information content (AvgIpc) is 3.33. The minimum Gasteiger partial charge on any atom is -0.384 e. The maximum Gasteiger partial charge on any atom is 0.416 e. The lowest BCUT2D eigenvalue weighted by atomic mass is 9.98. The van der Waals surface area contributed by atoms with Crippen molar-refractivity contribution in [3.63, 3.8) is 0 Å². The molecular formula is C20H16F3N5O2. The molecule has 0 saturated carbocycles. The Morgan fingerprint density at radius 1 is 1.23 bits per heavy atom. The summed E-state index contributed by atoms with van der Waals surface area (Å²) in [5, 5.41) is 4.00. The fraction of sp³-hybridized carbons (Fsp3) is 0.250. The first-order valence-corrected chi connectivity index (χ1v) is 9.06. The molecule has 1 atom stereocenters. The van der Waals surface area contributed by atoms with Crippen molar-refractivity contribution in [2.45, 2.75) is 31.9 Å². The van der Waals surface area contributed by atoms with Gasteiger partial charge in [0.15, 0.2) is 11.5 Å². The summed E-state index contributed by atoms with van der Waals surface area (Å²) >= 11 is 0. The molecule has 0 radical (unpaired) electrons. The van der Waals surface area contributed by atoms with Gasteiger partial charge in [-0.2, -0.15) is 13.2 Å². The van der Waals surface area contributed by atoms with Crippen molar-refractivity contribution >= 4 is 23.0 Å². The van der Waals surface area contributed by atoms with Crippen LogP contribution < -0.4 is 5.73 Å². The molecule has 3 aromatic rings. The molecule has 154 valence electrons. The van der Waals surface area contributed by atoms with Crippen LogP contribution in [-0.2, 0) is 12.6 Å². The van der Waals surface area contributed by atoms with Crippen molar-refractivity contribution < 1.29 is 22.5 Å². The molecule has 1 aliphatic rings. The monoisotopic (exact) mass is 415 g/mol. The number of alkyl halides is 3. The van der Waals surface area contributed by atoms with Crippen LogP contribution in [0.2, 0.25) is 0 Å². The number of carbonyl (C=O) groups is 1. The van der Waals surface area contributed by atoms with E-state index in [1.165, 1.54) is 18.5 Å². The van der Waals surface area contributed by atoms with Crippen molar-refractivity contribution in [1.82, 2.24) is 15.1 Å². The molecule has 30 heavy (non-hydrogen) atoms. The van der Waals surface area contributed by atoms with Crippen LogP contribution in [0.4, 0.5) is 24.7 Å². The predicted octanol–water partition coefficient (Wildman–Crippen LogP) is 4.12. The van der Waals surface area contributed by atoms with E-state index in [2.05, 4.69) is 20.1 Å². The summed E-state index contributed by atoms with van der Waals surface area (Å²) in [5.41, 5.74) is 7.05. The van der Waals surface area contributed by atoms with E-state index in [1.54, 1.807) is 6.07 Å². The number of nitrogens with two attached hydrogens (primary N) is 1. The van der Waals surface area contributed by atoms with Crippen molar-refractivity contribution in [3.05, 3.63) is 64.9 Å². The van der Waals surface area contributed by atoms with Gasteiger partial charge in [-0.3, -0.25) is 4.79 Å². The minimum atomic E-state index is -4.41. The molecular weight excluding hydrogens is 399 g/mol. The smallest absolute Gasteiger partial charge is 0.384 e. The number of benzene rings is 1. The first-order valence-electron chi connectivity index (χ1n) is 9.06. The maximum absolute atomic E-state index is 12.9. The molecule has 2 aromatic heterocycles. The molecule has 7 nitrogen and oxygen atoms in total. The number of rotatable bonds is 5. The molecule has 0 unspecified atom stereocenters. The van der Waals surface area contributed by atoms with Gasteiger partial charge in [-0.15, -0.1) is 0 Å². The maximum atomic E-state index is 12.9. The van der Waals surface area contributed by atoms with Gasteiger partial charge >= 0.3 is 6.18 Å². The highest BCUT2D eigenvalue weighted by Crippen LogP contribution is 2.36. The number of nitrogens with zero attached hydrogens (tertiary/aromatic N) is 4. The van der Waals surface area contributed by atoms with Crippen molar-refractivity contribution in [1.29, 1.82) is 0 Å². The van der Waals surface area contributed by atoms with E-state index >= 15 is 0 Å². The molecule has 0 amide bonds. The van der Waals surface area contributed by atoms with Crippen LogP contribution in [0.1, 0.15) is 52.3 Å². The van der Waals surface area contributed by atoms with Gasteiger partial charge in [0.05, 0.1) is 22.7 Å². The van der Waals surface area contributed by atoms with Crippen LogP contribution in [0.5, 0.6) is 0 Å². The summed E-state index contributed by atoms with van der Waals surface area (Å²) in [4.78, 5) is 24.4. The third-order valence-electron chi connectivity index (χ3n) is 4.80. The molecule has 0 spiro atoms. The number of nitrogen functional groups attached to an aromatic ring is 1. The zero-order chi connectivity index (χ0) is 21.5. The van der Waals surface area contributed by atoms with E-state index in [0.717, 1.165) is 12.1 Å². The fourth-order valence-corrected chi connectivity index (χ4v) is 3.19. The topological polar surface area (TPSA) is 107 Å². The van der Waals surface area contributed by atoms with Gasteiger partial charge in [0, 0.05) is 30.9 Å². The third-order valence-corrected chi connectivity index (χ3v) is 4.80. The molecule has 0 saturated heterocycles. The van der Waals surface area contributed by atoms with E-state index in [0.29, 0.717) is 28.4 Å². The van der Waals surface area contributed by atoms with E-state index < -0.39 is 11.7 Å². The first kappa shape index (κ1) is 19.7. The van der Waals surface area contributed by atoms with E-state index in [-0.39, 0.29) is 36.1 Å². The van der Waals surface area contributed by atoms with Crippen LogP contribution in [0, 0.1) is 0 Å². The highest BCUT2D eigenvalue weighted by Gasteiger charge is 2.32. The Hall–Kier alpha value is -3.56. The van der Waals surface area contributed by atoms with E-state index in [1.807, 2.05) is 6.92 Å². The van der Waals surface area contributed by atoms with Gasteiger partial charge in [-0.25, -0.2) is 15.0 Å². The number of ketones is 1. The second-order valence-electron chi connectivity index (χ2n) is 7.05. The van der Waals surface area contributed by atoms with Gasteiger partial charge in [0.25, 0.3) is 0 Å². The number of Topliss-reactive ketones (excluding diaryl/α,β-unsaturated/α-hetero) is 1. The molecule has 0 fully saturated rings. The van der Waals surface area contributed by atoms with Crippen molar-refractivity contribution in [2.24, 2.45) is 4.99 Å². The van der Waals surface area contributed by atoms with Crippen molar-refractivity contribution in [2.75, 3.05) is 5.73 Å². The molecule has 1 aromatic carbocycles. The molecule has 10 heteroatoms. The zero-order valence-corrected chi connectivity index (χ0v) is 15.8. The lowest BCUT2D eigenvalue weighted by Crippen LogP contribution is -2.08. The van der Waals surface area contributed by atoms with E-state index in [9.17, 15) is 18.0 Å². The summed E-state index contributed by atoms with van der Waals surface area (Å²) in [5.74, 6) is 0.0800. The second kappa shape index (κ2) is 7.36. The summed E-state index contributed by atoms with van der Waals surface area (Å²) < 4.78 is 44.1. The standard InChI is InChI=1S/C20H16F3N5O2/c1-10(4-17(29)15-8-19(24)26-9-25-15)14-7-18(30-28-14)16-6-11-5-12(20(21,22)23)2-3-13(11)27-16/h2-3,5,7-10H,4,6H2,1H3,(H2,24,25,26)/t10-/m1/s1. The number of aliphatic imine (C=N–C) groups is 1. The van der Waals surface area contributed by atoms with Gasteiger partial charge in [0.1, 0.15) is 17.8 Å². The SMILES string of the molecule is C[C@H](CC(=O)c1cc(N)ncn1)c1cc(C2=Nc3ccc(C(F)(F)F)cc3C2)on1. The van der Waals surface area contributed by atoms with Gasteiger partial charge in [0.2, 0.25) is 0 Å². The fourth-order valence-electron chi connectivity index (χ4n) is 3.19. The van der Waals surface area contributed by atoms with Gasteiger partial charge in [-0.1, -0.05) is 12.1 Å². The molecule has 4 rings (SSSR count). The van der Waals surface area contributed by atoms with Gasteiger partial charge in [-0.05, 0) is 23.8 Å². The summed E-state index contributed by atoms with van der Waals surface area (Å²) in [6.07, 6.45) is -2.85. The molecule has 0 bridgehead atoms. The summed E-state index contributed by atoms with van der Waals surface area (Å²) in [7, 11) is 0. The number of carbonyl (C=O) groups excluding carboxylic acids is 1. The lowest BCUT2D eigenvalue weighted by Gasteiger charge is -2.07. The number of fused-ring (bicyclic) bond motifs is 1. The highest BCUT2D eigenvalue weighted by molar-refractivity contribution is 6.04. The number of halogens is 3. The van der Waals surface area contributed by atoms with Crippen LogP contribution in [0.15, 0.2) is 46.2 Å². The largest absolute Gasteiger partial charge is 0.416 e. The van der Waals surface area contributed by atoms with Crippen LogP contribution in [-0.4, -0.2) is 26.6 Å². The first-order chi connectivity index (χ1) is 14.2. The number of hydrogen-bond acceptors (Lipinski definition) is 7. The zero-order valence-electron chi connectivity index (χ0n) is 15.8. The molecule has 2 N–H and O–H groups in total. The minimum absolute atomic E-state index is 0.129. The highest BCUT2D eigenvalue weighted by atomic mass is 19.4. The Morgan fingerprint density at radius 3 is 2.77 bits per heavy atom. The normalized spacial score (nSPS) is 14.3. The molecule has 3 heterocycles. The number of hydrogen-bond donors (Lipinski definition) is 1. The Kier molecular flexibility index (Phi) is 4.84. The summed E-state index contributed by atoms with van der Waals surface area (Å²) in [6.45, 7) is 1.81. The Bertz CT molecular complexity index is 1150. The number of aromatic nitrogens is 3. The van der Waals surface area contributed by atoms with Crippen LogP contribution in [0.3, 0.4) is 0 Å². The Balaban J connectivity index is 1.47. The Morgan fingerprint density at radius 2 is 2.03 bits per heavy atom. The summed E-state index contributed by atoms with van der Waals surface area (Å²) in [6, 6.07) is 6.50. The average molecular weight is 415 g/mol. The predicted molar refractivity (Wildman–Crippen MR) is 102 cm³/mol. The second-order valence-corrected chi connectivity index (χ2v) is 7.05. The van der Waals surface area contributed by atoms with Crippen molar-refractivity contribution in [3.8, 4) is 0 Å². The van der Waals surface area contributed by atoms with Crippen LogP contribution >= 0.6 is 0 Å².